The molecule has 1 aliphatic rings. The first-order valence-electron chi connectivity index (χ1n) is 7.98. The van der Waals surface area contributed by atoms with Crippen LogP contribution in [-0.4, -0.2) is 9.97 Å². The van der Waals surface area contributed by atoms with Gasteiger partial charge in [-0.2, -0.15) is 0 Å². The molecule has 0 saturated heterocycles. The molecular formula is C18H19N3S2. The Kier molecular flexibility index (Phi) is 3.99. The Morgan fingerprint density at radius 2 is 2.09 bits per heavy atom. The molecule has 0 unspecified atom stereocenters. The third-order valence-corrected chi connectivity index (χ3v) is 6.50. The van der Waals surface area contributed by atoms with Crippen LogP contribution in [0.15, 0.2) is 35.5 Å². The van der Waals surface area contributed by atoms with Crippen LogP contribution in [-0.2, 0) is 12.2 Å². The zero-order valence-electron chi connectivity index (χ0n) is 13.1. The first kappa shape index (κ1) is 15.0. The molecule has 0 spiro atoms. The highest BCUT2D eigenvalue weighted by molar-refractivity contribution is 7.98. The third-order valence-electron chi connectivity index (χ3n) is 4.42. The summed E-state index contributed by atoms with van der Waals surface area (Å²) >= 11 is 3.46. The molecule has 118 valence electrons. The number of aromatic nitrogens is 2. The summed E-state index contributed by atoms with van der Waals surface area (Å²) in [6.07, 6.45) is 3.67. The van der Waals surface area contributed by atoms with Gasteiger partial charge in [-0.05, 0) is 36.3 Å². The minimum atomic E-state index is 0.571. The van der Waals surface area contributed by atoms with Crippen molar-refractivity contribution in [3.8, 4) is 0 Å². The van der Waals surface area contributed by atoms with Crippen molar-refractivity contribution < 1.29 is 0 Å². The highest BCUT2D eigenvalue weighted by atomic mass is 32.2. The molecule has 0 radical (unpaired) electrons. The predicted molar refractivity (Wildman–Crippen MR) is 99.2 cm³/mol. The van der Waals surface area contributed by atoms with Crippen molar-refractivity contribution in [3.05, 3.63) is 46.3 Å². The zero-order chi connectivity index (χ0) is 15.8. The standard InChI is InChI=1S/C18H19N3S2/c1-11-6-5-9-13-14(11)15-16(19)20-18(21-17(15)23-13)22-10-12-7-3-2-4-8-12/h2-4,7-8,11H,5-6,9-10H2,1H3,(H2,19,20,21)/t11-/m0/s1. The van der Waals surface area contributed by atoms with E-state index < -0.39 is 0 Å². The number of nitrogen functional groups attached to an aromatic ring is 1. The summed E-state index contributed by atoms with van der Waals surface area (Å²) in [6.45, 7) is 2.29. The number of hydrogen-bond donors (Lipinski definition) is 1. The third kappa shape index (κ3) is 2.83. The van der Waals surface area contributed by atoms with Crippen LogP contribution in [0.5, 0.6) is 0 Å². The Morgan fingerprint density at radius 1 is 1.26 bits per heavy atom. The number of aryl methyl sites for hydroxylation is 1. The smallest absolute Gasteiger partial charge is 0.191 e. The van der Waals surface area contributed by atoms with Gasteiger partial charge in [0, 0.05) is 10.6 Å². The number of thiophene rings is 1. The number of anilines is 1. The average Bonchev–Trinajstić information content (AvgIpc) is 2.94. The molecule has 1 aromatic carbocycles. The molecule has 0 bridgehead atoms. The molecule has 3 aromatic rings. The van der Waals surface area contributed by atoms with E-state index in [9.17, 15) is 0 Å². The Bertz CT molecular complexity index is 842. The van der Waals surface area contributed by atoms with E-state index in [1.165, 1.54) is 28.8 Å². The van der Waals surface area contributed by atoms with E-state index in [1.54, 1.807) is 11.8 Å². The Morgan fingerprint density at radius 3 is 2.91 bits per heavy atom. The molecule has 0 amide bonds. The molecule has 5 heteroatoms. The largest absolute Gasteiger partial charge is 0.383 e. The molecule has 2 aromatic heterocycles. The summed E-state index contributed by atoms with van der Waals surface area (Å²) in [4.78, 5) is 11.9. The second-order valence-electron chi connectivity index (χ2n) is 6.08. The van der Waals surface area contributed by atoms with Crippen LogP contribution in [0, 0.1) is 0 Å². The normalized spacial score (nSPS) is 17.3. The molecule has 1 aliphatic carbocycles. The molecule has 4 rings (SSSR count). The number of thioether (sulfide) groups is 1. The van der Waals surface area contributed by atoms with Crippen LogP contribution in [0.1, 0.15) is 41.7 Å². The quantitative estimate of drug-likeness (QED) is 0.538. The van der Waals surface area contributed by atoms with Crippen molar-refractivity contribution in [3.63, 3.8) is 0 Å². The summed E-state index contributed by atoms with van der Waals surface area (Å²) in [5, 5.41) is 1.89. The van der Waals surface area contributed by atoms with Crippen LogP contribution in [0.3, 0.4) is 0 Å². The highest BCUT2D eigenvalue weighted by Gasteiger charge is 2.24. The van der Waals surface area contributed by atoms with E-state index >= 15 is 0 Å². The van der Waals surface area contributed by atoms with Crippen molar-refractivity contribution in [2.75, 3.05) is 5.73 Å². The zero-order valence-corrected chi connectivity index (χ0v) is 14.7. The maximum absolute atomic E-state index is 6.30. The number of nitrogens with two attached hydrogens (primary N) is 1. The molecule has 2 heterocycles. The van der Waals surface area contributed by atoms with Gasteiger partial charge in [-0.1, -0.05) is 49.0 Å². The van der Waals surface area contributed by atoms with Crippen molar-refractivity contribution in [2.45, 2.75) is 43.0 Å². The highest BCUT2D eigenvalue weighted by Crippen LogP contribution is 2.43. The fourth-order valence-electron chi connectivity index (χ4n) is 3.28. The van der Waals surface area contributed by atoms with Gasteiger partial charge in [0.25, 0.3) is 0 Å². The monoisotopic (exact) mass is 341 g/mol. The van der Waals surface area contributed by atoms with Gasteiger partial charge in [0.05, 0.1) is 5.39 Å². The van der Waals surface area contributed by atoms with Crippen molar-refractivity contribution in [1.82, 2.24) is 9.97 Å². The SMILES string of the molecule is C[C@H]1CCCc2sc3nc(SCc4ccccc4)nc(N)c3c21. The van der Waals surface area contributed by atoms with Gasteiger partial charge < -0.3 is 5.73 Å². The van der Waals surface area contributed by atoms with Gasteiger partial charge >= 0.3 is 0 Å². The van der Waals surface area contributed by atoms with E-state index in [0.717, 1.165) is 27.5 Å². The second-order valence-corrected chi connectivity index (χ2v) is 8.10. The lowest BCUT2D eigenvalue weighted by Crippen LogP contribution is -2.05. The first-order chi connectivity index (χ1) is 11.2. The number of nitrogens with zero attached hydrogens (tertiary/aromatic N) is 2. The molecule has 0 aliphatic heterocycles. The average molecular weight is 342 g/mol. The van der Waals surface area contributed by atoms with E-state index in [1.807, 2.05) is 17.4 Å². The molecule has 0 saturated carbocycles. The topological polar surface area (TPSA) is 51.8 Å². The Hall–Kier alpha value is -1.59. The van der Waals surface area contributed by atoms with E-state index in [4.69, 9.17) is 10.7 Å². The molecule has 1 atom stereocenters. The fraction of sp³-hybridized carbons (Fsp3) is 0.333. The van der Waals surface area contributed by atoms with Crippen molar-refractivity contribution in [1.29, 1.82) is 0 Å². The lowest BCUT2D eigenvalue weighted by atomic mass is 9.87. The van der Waals surface area contributed by atoms with Crippen molar-refractivity contribution in [2.24, 2.45) is 0 Å². The molecule has 3 nitrogen and oxygen atoms in total. The van der Waals surface area contributed by atoms with Crippen LogP contribution in [0.25, 0.3) is 10.2 Å². The number of benzene rings is 1. The van der Waals surface area contributed by atoms with Crippen LogP contribution >= 0.6 is 23.1 Å². The molecule has 23 heavy (non-hydrogen) atoms. The van der Waals surface area contributed by atoms with Crippen LogP contribution < -0.4 is 5.73 Å². The maximum atomic E-state index is 6.30. The van der Waals surface area contributed by atoms with Crippen molar-refractivity contribution >= 4 is 39.1 Å². The lowest BCUT2D eigenvalue weighted by molar-refractivity contribution is 0.602. The number of hydrogen-bond acceptors (Lipinski definition) is 5. The minimum absolute atomic E-state index is 0.571. The Balaban J connectivity index is 1.68. The number of rotatable bonds is 3. The minimum Gasteiger partial charge on any atom is -0.383 e. The van der Waals surface area contributed by atoms with Gasteiger partial charge in [0.1, 0.15) is 10.6 Å². The van der Waals surface area contributed by atoms with Gasteiger partial charge in [-0.25, -0.2) is 9.97 Å². The Labute approximate surface area is 144 Å². The van der Waals surface area contributed by atoms with E-state index in [2.05, 4.69) is 36.2 Å². The van der Waals surface area contributed by atoms with Crippen LogP contribution in [0.2, 0.25) is 0 Å². The maximum Gasteiger partial charge on any atom is 0.191 e. The van der Waals surface area contributed by atoms with Gasteiger partial charge in [-0.3, -0.25) is 0 Å². The summed E-state index contributed by atoms with van der Waals surface area (Å²) in [5.41, 5.74) is 8.99. The van der Waals surface area contributed by atoms with E-state index in [0.29, 0.717) is 11.7 Å². The molecule has 0 fully saturated rings. The second kappa shape index (κ2) is 6.13. The van der Waals surface area contributed by atoms with Gasteiger partial charge in [0.15, 0.2) is 5.16 Å². The summed E-state index contributed by atoms with van der Waals surface area (Å²) < 4.78 is 0. The lowest BCUT2D eigenvalue weighted by Gasteiger charge is -2.18. The van der Waals surface area contributed by atoms with Gasteiger partial charge in [0.2, 0.25) is 0 Å². The first-order valence-corrected chi connectivity index (χ1v) is 9.78. The number of fused-ring (bicyclic) bond motifs is 3. The van der Waals surface area contributed by atoms with E-state index in [-0.39, 0.29) is 0 Å². The molecular weight excluding hydrogens is 322 g/mol. The van der Waals surface area contributed by atoms with Crippen LogP contribution in [0.4, 0.5) is 5.82 Å². The predicted octanol–water partition coefficient (Wildman–Crippen LogP) is 5.01. The summed E-state index contributed by atoms with van der Waals surface area (Å²) in [7, 11) is 0. The molecule has 2 N–H and O–H groups in total. The summed E-state index contributed by atoms with van der Waals surface area (Å²) in [6, 6.07) is 10.4. The fourth-order valence-corrected chi connectivity index (χ4v) is 5.49. The van der Waals surface area contributed by atoms with Gasteiger partial charge in [-0.15, -0.1) is 11.3 Å². The summed E-state index contributed by atoms with van der Waals surface area (Å²) in [5.74, 6) is 2.09.